The lowest BCUT2D eigenvalue weighted by Gasteiger charge is -2.21. The van der Waals surface area contributed by atoms with Crippen molar-refractivity contribution in [2.45, 2.75) is 19.4 Å². The molecule has 18 heavy (non-hydrogen) atoms. The highest BCUT2D eigenvalue weighted by Crippen LogP contribution is 2.31. The molecule has 1 aliphatic rings. The second-order valence-corrected chi connectivity index (χ2v) is 6.78. The van der Waals surface area contributed by atoms with Gasteiger partial charge in [-0.05, 0) is 24.3 Å². The fourth-order valence-electron chi connectivity index (χ4n) is 1.90. The molecule has 0 saturated heterocycles. The third-order valence-electron chi connectivity index (χ3n) is 3.09. The fraction of sp³-hybridized carbons (Fsp3) is 0.538. The topological polar surface area (TPSA) is 57.6 Å². The first-order valence-corrected chi connectivity index (χ1v) is 7.85. The van der Waals surface area contributed by atoms with Gasteiger partial charge in [0.15, 0.2) is 0 Å². The fourth-order valence-corrected chi connectivity index (χ4v) is 3.75. The normalized spacial score (nSPS) is 16.1. The van der Waals surface area contributed by atoms with Gasteiger partial charge in [0.25, 0.3) is 0 Å². The smallest absolute Gasteiger partial charge is 0.214 e. The molecule has 0 heterocycles. The van der Waals surface area contributed by atoms with Crippen LogP contribution >= 0.6 is 0 Å². The number of aliphatic hydroxyl groups is 1. The molecule has 1 aromatic rings. The summed E-state index contributed by atoms with van der Waals surface area (Å²) >= 11 is 0. The molecule has 1 N–H and O–H groups in total. The molecule has 0 spiro atoms. The highest BCUT2D eigenvalue weighted by molar-refractivity contribution is 7.89. The lowest BCUT2D eigenvalue weighted by atomic mass is 10.2. The van der Waals surface area contributed by atoms with Crippen LogP contribution in [0, 0.1) is 5.92 Å². The van der Waals surface area contributed by atoms with E-state index in [4.69, 9.17) is 5.11 Å². The van der Waals surface area contributed by atoms with Crippen molar-refractivity contribution in [2.75, 3.05) is 18.9 Å². The van der Waals surface area contributed by atoms with Crippen LogP contribution in [0.4, 0.5) is 0 Å². The molecule has 5 heteroatoms. The van der Waals surface area contributed by atoms with E-state index in [1.54, 1.807) is 0 Å². The number of aliphatic hydroxyl groups excluding tert-OH is 1. The van der Waals surface area contributed by atoms with Crippen molar-refractivity contribution < 1.29 is 13.5 Å². The van der Waals surface area contributed by atoms with E-state index < -0.39 is 10.0 Å². The number of benzene rings is 1. The van der Waals surface area contributed by atoms with Gasteiger partial charge in [0.1, 0.15) is 0 Å². The molecular formula is C13H19NO3S. The van der Waals surface area contributed by atoms with Crippen LogP contribution in [-0.2, 0) is 16.6 Å². The van der Waals surface area contributed by atoms with E-state index in [9.17, 15) is 8.42 Å². The Balaban J connectivity index is 2.07. The summed E-state index contributed by atoms with van der Waals surface area (Å²) in [4.78, 5) is 0. The maximum absolute atomic E-state index is 12.2. The van der Waals surface area contributed by atoms with Gasteiger partial charge in [-0.2, -0.15) is 4.31 Å². The van der Waals surface area contributed by atoms with Crippen LogP contribution in [0.1, 0.15) is 18.4 Å². The lowest BCUT2D eigenvalue weighted by molar-refractivity contribution is 0.251. The quantitative estimate of drug-likeness (QED) is 0.809. The molecule has 1 fully saturated rings. The summed E-state index contributed by atoms with van der Waals surface area (Å²) in [5.41, 5.74) is 0.949. The van der Waals surface area contributed by atoms with E-state index in [1.807, 2.05) is 30.3 Å². The number of sulfonamides is 1. The van der Waals surface area contributed by atoms with Crippen molar-refractivity contribution in [3.63, 3.8) is 0 Å². The molecule has 2 rings (SSSR count). The predicted molar refractivity (Wildman–Crippen MR) is 70.4 cm³/mol. The van der Waals surface area contributed by atoms with Gasteiger partial charge < -0.3 is 5.11 Å². The maximum atomic E-state index is 12.2. The van der Waals surface area contributed by atoms with Gasteiger partial charge in [0.05, 0.1) is 12.4 Å². The van der Waals surface area contributed by atoms with Gasteiger partial charge in [0, 0.05) is 13.1 Å². The van der Waals surface area contributed by atoms with Gasteiger partial charge >= 0.3 is 0 Å². The van der Waals surface area contributed by atoms with Crippen LogP contribution in [0.5, 0.6) is 0 Å². The van der Waals surface area contributed by atoms with Gasteiger partial charge in [-0.1, -0.05) is 30.3 Å². The molecule has 1 aliphatic carbocycles. The maximum Gasteiger partial charge on any atom is 0.214 e. The van der Waals surface area contributed by atoms with Crippen molar-refractivity contribution in [3.8, 4) is 0 Å². The standard InChI is InChI=1S/C13H19NO3S/c15-9-8-14(10-12-4-2-1-3-5-12)18(16,17)11-13-6-7-13/h1-5,13,15H,6-11H2. The van der Waals surface area contributed by atoms with Gasteiger partial charge in [-0.25, -0.2) is 8.42 Å². The molecule has 0 radical (unpaired) electrons. The monoisotopic (exact) mass is 269 g/mol. The summed E-state index contributed by atoms with van der Waals surface area (Å²) in [7, 11) is -3.25. The first-order valence-electron chi connectivity index (χ1n) is 6.24. The number of nitrogens with zero attached hydrogens (tertiary/aromatic N) is 1. The van der Waals surface area contributed by atoms with Crippen molar-refractivity contribution in [1.29, 1.82) is 0 Å². The van der Waals surface area contributed by atoms with Crippen molar-refractivity contribution in [3.05, 3.63) is 35.9 Å². The van der Waals surface area contributed by atoms with Crippen LogP contribution in [0.15, 0.2) is 30.3 Å². The number of hydrogen-bond acceptors (Lipinski definition) is 3. The summed E-state index contributed by atoms with van der Waals surface area (Å²) in [5, 5.41) is 9.02. The lowest BCUT2D eigenvalue weighted by Crippen LogP contribution is -2.35. The minimum Gasteiger partial charge on any atom is -0.395 e. The number of hydrogen-bond donors (Lipinski definition) is 1. The van der Waals surface area contributed by atoms with Gasteiger partial charge in [-0.15, -0.1) is 0 Å². The summed E-state index contributed by atoms with van der Waals surface area (Å²) in [6.07, 6.45) is 2.02. The minimum atomic E-state index is -3.25. The third kappa shape index (κ3) is 3.80. The van der Waals surface area contributed by atoms with E-state index in [0.717, 1.165) is 18.4 Å². The summed E-state index contributed by atoms with van der Waals surface area (Å²) in [5.74, 6) is 0.548. The van der Waals surface area contributed by atoms with Crippen LogP contribution in [0.3, 0.4) is 0 Å². The van der Waals surface area contributed by atoms with Crippen LogP contribution in [-0.4, -0.2) is 36.7 Å². The molecule has 4 nitrogen and oxygen atoms in total. The molecule has 0 atom stereocenters. The average Bonchev–Trinajstić information content (AvgIpc) is 3.13. The minimum absolute atomic E-state index is 0.142. The van der Waals surface area contributed by atoms with E-state index in [0.29, 0.717) is 12.5 Å². The summed E-state index contributed by atoms with van der Waals surface area (Å²) in [6, 6.07) is 9.48. The molecule has 0 bridgehead atoms. The van der Waals surface area contributed by atoms with Crippen molar-refractivity contribution >= 4 is 10.0 Å². The van der Waals surface area contributed by atoms with Crippen molar-refractivity contribution in [2.24, 2.45) is 5.92 Å². The Labute approximate surface area is 108 Å². The molecule has 0 unspecified atom stereocenters. The zero-order chi connectivity index (χ0) is 13.0. The summed E-state index contributed by atoms with van der Waals surface area (Å²) in [6.45, 7) is 0.372. The first kappa shape index (κ1) is 13.5. The molecular weight excluding hydrogens is 250 g/mol. The molecule has 0 aliphatic heterocycles. The van der Waals surface area contributed by atoms with E-state index in [1.165, 1.54) is 4.31 Å². The number of rotatable bonds is 7. The Hall–Kier alpha value is -0.910. The SMILES string of the molecule is O=S(=O)(CC1CC1)N(CCO)Cc1ccccc1. The zero-order valence-electron chi connectivity index (χ0n) is 10.3. The van der Waals surface area contributed by atoms with Gasteiger partial charge in [0.2, 0.25) is 10.0 Å². The molecule has 0 amide bonds. The Bertz CT molecular complexity index is 468. The molecule has 100 valence electrons. The Morgan fingerprint density at radius 1 is 1.22 bits per heavy atom. The third-order valence-corrected chi connectivity index (χ3v) is 5.08. The largest absolute Gasteiger partial charge is 0.395 e. The second-order valence-electron chi connectivity index (χ2n) is 4.76. The van der Waals surface area contributed by atoms with Crippen LogP contribution < -0.4 is 0 Å². The van der Waals surface area contributed by atoms with E-state index >= 15 is 0 Å². The Kier molecular flexibility index (Phi) is 4.37. The van der Waals surface area contributed by atoms with Crippen LogP contribution in [0.25, 0.3) is 0 Å². The molecule has 1 saturated carbocycles. The zero-order valence-corrected chi connectivity index (χ0v) is 11.1. The molecule has 1 aromatic carbocycles. The van der Waals surface area contributed by atoms with Crippen LogP contribution in [0.2, 0.25) is 0 Å². The highest BCUT2D eigenvalue weighted by Gasteiger charge is 2.31. The highest BCUT2D eigenvalue weighted by atomic mass is 32.2. The summed E-state index contributed by atoms with van der Waals surface area (Å²) < 4.78 is 25.8. The second kappa shape index (κ2) is 5.82. The van der Waals surface area contributed by atoms with E-state index in [2.05, 4.69) is 0 Å². The average molecular weight is 269 g/mol. The first-order chi connectivity index (χ1) is 8.62. The van der Waals surface area contributed by atoms with Gasteiger partial charge in [-0.3, -0.25) is 0 Å². The van der Waals surface area contributed by atoms with E-state index in [-0.39, 0.29) is 18.9 Å². The Morgan fingerprint density at radius 3 is 2.44 bits per heavy atom. The van der Waals surface area contributed by atoms with Crippen molar-refractivity contribution in [1.82, 2.24) is 4.31 Å². The molecule has 0 aromatic heterocycles. The predicted octanol–water partition coefficient (Wildman–Crippen LogP) is 1.22. The Morgan fingerprint density at radius 2 is 1.89 bits per heavy atom.